The molecule has 2 aromatic rings. The second-order valence-electron chi connectivity index (χ2n) is 3.78. The second kappa shape index (κ2) is 5.00. The molecule has 0 amide bonds. The highest BCUT2D eigenvalue weighted by Crippen LogP contribution is 2.21. The summed E-state index contributed by atoms with van der Waals surface area (Å²) in [6.07, 6.45) is 4.34. The van der Waals surface area contributed by atoms with Gasteiger partial charge in [0, 0.05) is 30.3 Å². The molecular formula is C13H13FN2O2. The fourth-order valence-electron chi connectivity index (χ4n) is 1.72. The lowest BCUT2D eigenvalue weighted by Crippen LogP contribution is -1.98. The molecule has 94 valence electrons. The molecule has 1 heterocycles. The minimum absolute atomic E-state index is 0.294. The maximum Gasteiger partial charge on any atom is 0.330 e. The summed E-state index contributed by atoms with van der Waals surface area (Å²) >= 11 is 0. The minimum Gasteiger partial charge on any atom is -0.463 e. The lowest BCUT2D eigenvalue weighted by atomic mass is 10.1. The molecule has 0 aliphatic rings. The number of halogens is 1. The zero-order chi connectivity index (χ0) is 13.1. The highest BCUT2D eigenvalue weighted by Gasteiger charge is 2.08. The standard InChI is InChI=1S/C13H13FN2O2/c1-3-18-13(17)7-4-9-10-8-16(2)15-12(10)6-5-11(9)14/h4-8H,3H2,1-2H3. The van der Waals surface area contributed by atoms with Gasteiger partial charge >= 0.3 is 5.97 Å². The van der Waals surface area contributed by atoms with Crippen LogP contribution >= 0.6 is 0 Å². The predicted octanol–water partition coefficient (Wildman–Crippen LogP) is 2.29. The molecule has 0 saturated heterocycles. The summed E-state index contributed by atoms with van der Waals surface area (Å²) in [5.41, 5.74) is 1.02. The van der Waals surface area contributed by atoms with Crippen molar-refractivity contribution in [2.45, 2.75) is 6.92 Å². The number of hydrogen-bond acceptors (Lipinski definition) is 3. The molecule has 2 rings (SSSR count). The van der Waals surface area contributed by atoms with Gasteiger partial charge in [0.25, 0.3) is 0 Å². The average Bonchev–Trinajstić information content (AvgIpc) is 2.69. The second-order valence-corrected chi connectivity index (χ2v) is 3.78. The first-order valence-corrected chi connectivity index (χ1v) is 5.58. The number of hydrogen-bond donors (Lipinski definition) is 0. The molecule has 0 N–H and O–H groups in total. The van der Waals surface area contributed by atoms with Crippen molar-refractivity contribution in [2.24, 2.45) is 7.05 Å². The van der Waals surface area contributed by atoms with Gasteiger partial charge in [0.05, 0.1) is 12.1 Å². The van der Waals surface area contributed by atoms with E-state index in [-0.39, 0.29) is 0 Å². The topological polar surface area (TPSA) is 44.1 Å². The molecule has 1 aromatic heterocycles. The van der Waals surface area contributed by atoms with Crippen molar-refractivity contribution in [3.8, 4) is 0 Å². The van der Waals surface area contributed by atoms with Gasteiger partial charge in [-0.05, 0) is 25.1 Å². The number of ether oxygens (including phenoxy) is 1. The zero-order valence-electron chi connectivity index (χ0n) is 10.2. The summed E-state index contributed by atoms with van der Waals surface area (Å²) in [6, 6.07) is 2.94. The van der Waals surface area contributed by atoms with Crippen LogP contribution in [0.5, 0.6) is 0 Å². The summed E-state index contributed by atoms with van der Waals surface area (Å²) < 4.78 is 20.1. The molecule has 4 nitrogen and oxygen atoms in total. The molecular weight excluding hydrogens is 235 g/mol. The molecule has 0 unspecified atom stereocenters. The molecule has 1 aromatic carbocycles. The van der Waals surface area contributed by atoms with Crippen LogP contribution in [0.1, 0.15) is 12.5 Å². The van der Waals surface area contributed by atoms with E-state index in [1.165, 1.54) is 18.2 Å². The van der Waals surface area contributed by atoms with Gasteiger partial charge in [0.15, 0.2) is 0 Å². The summed E-state index contributed by atoms with van der Waals surface area (Å²) in [5.74, 6) is -0.881. The van der Waals surface area contributed by atoms with Gasteiger partial charge < -0.3 is 4.74 Å². The van der Waals surface area contributed by atoms with Crippen LogP contribution in [-0.2, 0) is 16.6 Å². The zero-order valence-corrected chi connectivity index (χ0v) is 10.2. The van der Waals surface area contributed by atoms with Crippen LogP contribution in [0.15, 0.2) is 24.4 Å². The summed E-state index contributed by atoms with van der Waals surface area (Å²) in [7, 11) is 1.76. The van der Waals surface area contributed by atoms with Gasteiger partial charge in [-0.25, -0.2) is 9.18 Å². The molecule has 0 atom stereocenters. The van der Waals surface area contributed by atoms with Crippen LogP contribution in [0.3, 0.4) is 0 Å². The van der Waals surface area contributed by atoms with Crippen molar-refractivity contribution in [1.82, 2.24) is 9.78 Å². The largest absolute Gasteiger partial charge is 0.463 e. The summed E-state index contributed by atoms with van der Waals surface area (Å²) in [5, 5.41) is 4.84. The first-order chi connectivity index (χ1) is 8.61. The van der Waals surface area contributed by atoms with E-state index < -0.39 is 11.8 Å². The Hall–Kier alpha value is -2.17. The Balaban J connectivity index is 2.43. The SMILES string of the molecule is CCOC(=O)C=Cc1c(F)ccc2nn(C)cc12. The minimum atomic E-state index is -0.488. The number of nitrogens with zero attached hydrogens (tertiary/aromatic N) is 2. The number of carbonyl (C=O) groups excluding carboxylic acids is 1. The van der Waals surface area contributed by atoms with E-state index in [4.69, 9.17) is 4.74 Å². The Morgan fingerprint density at radius 2 is 2.33 bits per heavy atom. The van der Waals surface area contributed by atoms with E-state index in [0.29, 0.717) is 23.1 Å². The third-order valence-corrected chi connectivity index (χ3v) is 2.47. The van der Waals surface area contributed by atoms with Crippen molar-refractivity contribution in [1.29, 1.82) is 0 Å². The van der Waals surface area contributed by atoms with Gasteiger partial charge in [0.2, 0.25) is 0 Å². The van der Waals surface area contributed by atoms with E-state index in [0.717, 1.165) is 0 Å². The number of esters is 1. The lowest BCUT2D eigenvalue weighted by molar-refractivity contribution is -0.137. The Morgan fingerprint density at radius 1 is 1.56 bits per heavy atom. The number of benzene rings is 1. The van der Waals surface area contributed by atoms with Crippen molar-refractivity contribution < 1.29 is 13.9 Å². The summed E-state index contributed by atoms with van der Waals surface area (Å²) in [4.78, 5) is 11.2. The maximum atomic E-state index is 13.7. The molecule has 0 spiro atoms. The van der Waals surface area contributed by atoms with Crippen LogP contribution in [-0.4, -0.2) is 22.4 Å². The Labute approximate surface area is 104 Å². The molecule has 5 heteroatoms. The van der Waals surface area contributed by atoms with E-state index >= 15 is 0 Å². The van der Waals surface area contributed by atoms with Crippen LogP contribution in [0.4, 0.5) is 4.39 Å². The van der Waals surface area contributed by atoms with Crippen molar-refractivity contribution in [2.75, 3.05) is 6.61 Å². The number of aromatic nitrogens is 2. The van der Waals surface area contributed by atoms with Crippen LogP contribution in [0, 0.1) is 5.82 Å². The van der Waals surface area contributed by atoms with Crippen LogP contribution < -0.4 is 0 Å². The highest BCUT2D eigenvalue weighted by atomic mass is 19.1. The number of rotatable bonds is 3. The fraction of sp³-hybridized carbons (Fsp3) is 0.231. The predicted molar refractivity (Wildman–Crippen MR) is 66.3 cm³/mol. The highest BCUT2D eigenvalue weighted by molar-refractivity contribution is 5.93. The van der Waals surface area contributed by atoms with E-state index in [9.17, 15) is 9.18 Å². The van der Waals surface area contributed by atoms with Gasteiger partial charge in [0.1, 0.15) is 5.82 Å². The third-order valence-electron chi connectivity index (χ3n) is 2.47. The average molecular weight is 248 g/mol. The third kappa shape index (κ3) is 2.40. The van der Waals surface area contributed by atoms with Crippen LogP contribution in [0.2, 0.25) is 0 Å². The van der Waals surface area contributed by atoms with Gasteiger partial charge in [-0.2, -0.15) is 5.10 Å². The maximum absolute atomic E-state index is 13.7. The van der Waals surface area contributed by atoms with Gasteiger partial charge in [-0.15, -0.1) is 0 Å². The van der Waals surface area contributed by atoms with Crippen molar-refractivity contribution >= 4 is 22.9 Å². The first kappa shape index (κ1) is 12.3. The molecule has 0 bridgehead atoms. The van der Waals surface area contributed by atoms with E-state index in [2.05, 4.69) is 5.10 Å². The summed E-state index contributed by atoms with van der Waals surface area (Å²) in [6.45, 7) is 2.01. The number of aryl methyl sites for hydroxylation is 1. The first-order valence-electron chi connectivity index (χ1n) is 5.58. The molecule has 0 aliphatic heterocycles. The number of carbonyl (C=O) groups is 1. The monoisotopic (exact) mass is 248 g/mol. The smallest absolute Gasteiger partial charge is 0.330 e. The van der Waals surface area contributed by atoms with E-state index in [1.54, 1.807) is 30.9 Å². The van der Waals surface area contributed by atoms with Crippen LogP contribution in [0.25, 0.3) is 17.0 Å². The molecule has 0 aliphatic carbocycles. The number of fused-ring (bicyclic) bond motifs is 1. The molecule has 0 saturated carbocycles. The van der Waals surface area contributed by atoms with E-state index in [1.807, 2.05) is 0 Å². The Kier molecular flexibility index (Phi) is 3.41. The normalized spacial score (nSPS) is 11.3. The van der Waals surface area contributed by atoms with Crippen molar-refractivity contribution in [3.63, 3.8) is 0 Å². The fourth-order valence-corrected chi connectivity index (χ4v) is 1.72. The Bertz CT molecular complexity index is 617. The lowest BCUT2D eigenvalue weighted by Gasteiger charge is -1.99. The molecule has 0 fully saturated rings. The molecule has 18 heavy (non-hydrogen) atoms. The Morgan fingerprint density at radius 3 is 3.06 bits per heavy atom. The quantitative estimate of drug-likeness (QED) is 0.618. The molecule has 0 radical (unpaired) electrons. The van der Waals surface area contributed by atoms with Crippen molar-refractivity contribution in [3.05, 3.63) is 35.8 Å². The van der Waals surface area contributed by atoms with Gasteiger partial charge in [-0.3, -0.25) is 4.68 Å². The van der Waals surface area contributed by atoms with Gasteiger partial charge in [-0.1, -0.05) is 0 Å².